The van der Waals surface area contributed by atoms with E-state index in [0.29, 0.717) is 0 Å². The van der Waals surface area contributed by atoms with Crippen molar-refractivity contribution >= 4 is 12.4 Å². The number of ether oxygens (including phenoxy) is 1. The third-order valence-corrected chi connectivity index (χ3v) is 0.550. The molecule has 1 unspecified atom stereocenters. The molecule has 0 bridgehead atoms. The summed E-state index contributed by atoms with van der Waals surface area (Å²) < 4.78 is 3.77. The Morgan fingerprint density at radius 1 is 1.43 bits per heavy atom. The summed E-state index contributed by atoms with van der Waals surface area (Å²) in [4.78, 5) is 0. The van der Waals surface area contributed by atoms with Gasteiger partial charge in [-0.2, -0.15) is 0 Å². The second-order valence-corrected chi connectivity index (χ2v) is 1.13. The van der Waals surface area contributed by atoms with Crippen molar-refractivity contribution in [1.82, 2.24) is 0 Å². The number of aliphatic hydroxyl groups is 3. The Labute approximate surface area is 45.7 Å². The average molecular weight is 129 g/mol. The van der Waals surface area contributed by atoms with Crippen LogP contribution in [0.4, 0.5) is 0 Å². The van der Waals surface area contributed by atoms with Crippen molar-refractivity contribution in [2.75, 3.05) is 0 Å². The van der Waals surface area contributed by atoms with Gasteiger partial charge in [0, 0.05) is 0 Å². The lowest BCUT2D eigenvalue weighted by atomic mass is 10.7. The van der Waals surface area contributed by atoms with Crippen LogP contribution in [0.25, 0.3) is 0 Å². The van der Waals surface area contributed by atoms with Gasteiger partial charge in [0.25, 0.3) is 0 Å². The lowest BCUT2D eigenvalue weighted by Gasteiger charge is -1.83. The summed E-state index contributed by atoms with van der Waals surface area (Å²) in [7, 11) is 0. The molecule has 0 aromatic carbocycles. The van der Waals surface area contributed by atoms with Crippen LogP contribution in [0, 0.1) is 0 Å². The molecule has 1 atom stereocenters. The van der Waals surface area contributed by atoms with Gasteiger partial charge < -0.3 is 15.3 Å². The third-order valence-electron chi connectivity index (χ3n) is 0.550. The molecule has 0 spiro atoms. The second-order valence-electron chi connectivity index (χ2n) is 1.13. The first kappa shape index (κ1) is 7.13. The summed E-state index contributed by atoms with van der Waals surface area (Å²) in [6, 6.07) is 0. The molecule has 3 N–H and O–H groups in total. The smallest absolute Gasteiger partial charge is 0.334 e. The van der Waals surface area contributed by atoms with Gasteiger partial charge in [-0.3, -0.25) is 4.74 Å². The van der Waals surface area contributed by atoms with E-state index in [2.05, 4.69) is 4.74 Å². The van der Waals surface area contributed by atoms with E-state index in [9.17, 15) is 0 Å². The van der Waals surface area contributed by atoms with Crippen LogP contribution in [0.5, 0.6) is 0 Å². The molecule has 44 valence electrons. The lowest BCUT2D eigenvalue weighted by molar-refractivity contribution is -0.153. The van der Waals surface area contributed by atoms with Crippen LogP contribution < -0.4 is 0 Å². The van der Waals surface area contributed by atoms with Crippen LogP contribution in [-0.2, 0) is 4.74 Å². The Bertz CT molecular complexity index is 72.1. The van der Waals surface area contributed by atoms with Crippen LogP contribution in [0.1, 0.15) is 0 Å². The van der Waals surface area contributed by atoms with Crippen LogP contribution in [0.15, 0.2) is 0 Å². The Balaban J connectivity index is 0.000000360. The maximum atomic E-state index is 7.98. The predicted octanol–water partition coefficient (Wildman–Crippen LogP) is -1.60. The minimum absolute atomic E-state index is 0. The summed E-state index contributed by atoms with van der Waals surface area (Å²) in [5.74, 6) is -2.24. The Morgan fingerprint density at radius 3 is 1.57 bits per heavy atom. The molecular formula is C2H5ClO4. The van der Waals surface area contributed by atoms with E-state index in [4.69, 9.17) is 15.3 Å². The minimum Gasteiger partial charge on any atom is -0.362 e. The fourth-order valence-corrected chi connectivity index (χ4v) is 0.130. The van der Waals surface area contributed by atoms with Gasteiger partial charge in [0.1, 0.15) is 0 Å². The molecule has 0 aromatic rings. The standard InChI is InChI=1S/C2H4O4.ClH/c3-1-2(4,5)6-1;/h1,3-5H;1H. The number of hydrogen-bond acceptors (Lipinski definition) is 4. The van der Waals surface area contributed by atoms with Crippen molar-refractivity contribution < 1.29 is 20.1 Å². The number of hydrogen-bond donors (Lipinski definition) is 3. The van der Waals surface area contributed by atoms with Gasteiger partial charge in [-0.1, -0.05) is 0 Å². The molecule has 1 saturated heterocycles. The maximum Gasteiger partial charge on any atom is 0.334 e. The zero-order chi connectivity index (χ0) is 4.78. The second kappa shape index (κ2) is 1.57. The molecule has 1 aliphatic rings. The molecule has 1 fully saturated rings. The molecule has 5 heteroatoms. The van der Waals surface area contributed by atoms with E-state index in [1.807, 2.05) is 0 Å². The Kier molecular flexibility index (Phi) is 1.60. The van der Waals surface area contributed by atoms with E-state index in [-0.39, 0.29) is 12.4 Å². The van der Waals surface area contributed by atoms with Gasteiger partial charge >= 0.3 is 5.97 Å². The highest BCUT2D eigenvalue weighted by Crippen LogP contribution is 2.26. The van der Waals surface area contributed by atoms with Crippen molar-refractivity contribution in [3.05, 3.63) is 0 Å². The lowest BCUT2D eigenvalue weighted by Crippen LogP contribution is -2.10. The number of halogens is 1. The highest BCUT2D eigenvalue weighted by Gasteiger charge is 2.54. The number of epoxide rings is 1. The monoisotopic (exact) mass is 128 g/mol. The summed E-state index contributed by atoms with van der Waals surface area (Å²) in [6.45, 7) is 0. The number of rotatable bonds is 0. The van der Waals surface area contributed by atoms with Crippen molar-refractivity contribution in [3.8, 4) is 0 Å². The molecule has 0 aliphatic carbocycles. The highest BCUT2D eigenvalue weighted by atomic mass is 35.5. The summed E-state index contributed by atoms with van der Waals surface area (Å²) >= 11 is 0. The van der Waals surface area contributed by atoms with E-state index < -0.39 is 12.3 Å². The van der Waals surface area contributed by atoms with Gasteiger partial charge in [0.05, 0.1) is 0 Å². The molecular weight excluding hydrogens is 123 g/mol. The minimum atomic E-state index is -2.24. The van der Waals surface area contributed by atoms with Crippen molar-refractivity contribution in [2.45, 2.75) is 12.3 Å². The van der Waals surface area contributed by atoms with Gasteiger partial charge in [0.2, 0.25) is 6.29 Å². The van der Waals surface area contributed by atoms with Crippen molar-refractivity contribution in [3.63, 3.8) is 0 Å². The molecule has 4 nitrogen and oxygen atoms in total. The van der Waals surface area contributed by atoms with Crippen LogP contribution in [-0.4, -0.2) is 27.6 Å². The van der Waals surface area contributed by atoms with Gasteiger partial charge in [0.15, 0.2) is 0 Å². The molecule has 0 aromatic heterocycles. The van der Waals surface area contributed by atoms with Crippen LogP contribution >= 0.6 is 12.4 Å². The molecule has 1 rings (SSSR count). The van der Waals surface area contributed by atoms with Crippen molar-refractivity contribution in [2.24, 2.45) is 0 Å². The molecule has 0 amide bonds. The number of aliphatic hydroxyl groups excluding tert-OH is 1. The Morgan fingerprint density at radius 2 is 1.57 bits per heavy atom. The van der Waals surface area contributed by atoms with E-state index in [0.717, 1.165) is 0 Å². The van der Waals surface area contributed by atoms with Crippen LogP contribution in [0.2, 0.25) is 0 Å². The zero-order valence-electron chi connectivity index (χ0n) is 3.24. The van der Waals surface area contributed by atoms with Crippen LogP contribution in [0.3, 0.4) is 0 Å². The molecule has 0 radical (unpaired) electrons. The topological polar surface area (TPSA) is 73.2 Å². The molecule has 0 saturated carbocycles. The zero-order valence-corrected chi connectivity index (χ0v) is 4.05. The molecule has 7 heavy (non-hydrogen) atoms. The predicted molar refractivity (Wildman–Crippen MR) is 21.5 cm³/mol. The first-order valence-electron chi connectivity index (χ1n) is 1.43. The Hall–Kier alpha value is 0.130. The van der Waals surface area contributed by atoms with Gasteiger partial charge in [-0.15, -0.1) is 12.4 Å². The molecule has 1 aliphatic heterocycles. The first-order chi connectivity index (χ1) is 2.63. The summed E-state index contributed by atoms with van der Waals surface area (Å²) in [6.07, 6.45) is -1.39. The van der Waals surface area contributed by atoms with E-state index in [1.165, 1.54) is 0 Å². The highest BCUT2D eigenvalue weighted by molar-refractivity contribution is 5.85. The third kappa shape index (κ3) is 1.25. The SMILES string of the molecule is Cl.OC1OC1(O)O. The van der Waals surface area contributed by atoms with E-state index in [1.54, 1.807) is 0 Å². The summed E-state index contributed by atoms with van der Waals surface area (Å²) in [5, 5.41) is 23.9. The fourth-order valence-electron chi connectivity index (χ4n) is 0.130. The average Bonchev–Trinajstić information content (AvgIpc) is 1.73. The van der Waals surface area contributed by atoms with Gasteiger partial charge in [-0.05, 0) is 0 Å². The van der Waals surface area contributed by atoms with Crippen molar-refractivity contribution in [1.29, 1.82) is 0 Å². The first-order valence-corrected chi connectivity index (χ1v) is 1.43. The summed E-state index contributed by atoms with van der Waals surface area (Å²) in [5.41, 5.74) is 0. The fraction of sp³-hybridized carbons (Fsp3) is 1.00. The van der Waals surface area contributed by atoms with E-state index >= 15 is 0 Å². The maximum absolute atomic E-state index is 7.98. The van der Waals surface area contributed by atoms with Gasteiger partial charge in [-0.25, -0.2) is 0 Å². The largest absolute Gasteiger partial charge is 0.362 e. The quantitative estimate of drug-likeness (QED) is 0.271. The molecule has 1 heterocycles. The normalized spacial score (nSPS) is 33.9.